The van der Waals surface area contributed by atoms with E-state index in [0.29, 0.717) is 0 Å². The number of carbonyl (C=O) groups is 1. The number of rotatable bonds is 5. The Balaban J connectivity index is 2.27. The maximum atomic E-state index is 12.1. The molecule has 0 saturated heterocycles. The Morgan fingerprint density at radius 2 is 2.17 bits per heavy atom. The van der Waals surface area contributed by atoms with Crippen molar-refractivity contribution in [3.05, 3.63) is 52.8 Å². The number of phenols is 1. The summed E-state index contributed by atoms with van der Waals surface area (Å²) < 4.78 is 5.17. The zero-order chi connectivity index (χ0) is 17.7. The van der Waals surface area contributed by atoms with Gasteiger partial charge in [0.2, 0.25) is 0 Å². The van der Waals surface area contributed by atoms with Gasteiger partial charge in [-0.1, -0.05) is 25.4 Å². The maximum Gasteiger partial charge on any atom is 0.345 e. The minimum Gasteiger partial charge on any atom is -0.504 e. The van der Waals surface area contributed by atoms with Gasteiger partial charge in [-0.05, 0) is 24.1 Å². The summed E-state index contributed by atoms with van der Waals surface area (Å²) in [4.78, 5) is 19.8. The molecule has 1 heterocycles. The summed E-state index contributed by atoms with van der Waals surface area (Å²) in [5.41, 5.74) is 0.471. The van der Waals surface area contributed by atoms with Gasteiger partial charge in [0.1, 0.15) is 6.23 Å². The number of phenolic OH excluding ortho intramolecular Hbond substituents is 1. The van der Waals surface area contributed by atoms with Crippen molar-refractivity contribution in [2.24, 2.45) is 10.9 Å². The fourth-order valence-electron chi connectivity index (χ4n) is 1.74. The average molecular weight is 349 g/mol. The number of carbonyl (C=O) groups excluding carboxylic acids is 1. The van der Waals surface area contributed by atoms with Crippen LogP contribution in [0.15, 0.2) is 41.7 Å². The number of aliphatic hydroxyl groups is 1. The third-order valence-corrected chi connectivity index (χ3v) is 3.35. The molecule has 0 bridgehead atoms. The number of halogens is 1. The Kier molecular flexibility index (Phi) is 5.89. The molecule has 6 nitrogen and oxygen atoms in total. The lowest BCUT2D eigenvalue weighted by Gasteiger charge is -2.11. The highest BCUT2D eigenvalue weighted by atomic mass is 35.5. The molecular weight excluding hydrogens is 332 g/mol. The topological polar surface area (TPSA) is 92.0 Å². The van der Waals surface area contributed by atoms with Crippen LogP contribution in [-0.2, 0) is 0 Å². The highest BCUT2D eigenvalue weighted by Crippen LogP contribution is 2.33. The van der Waals surface area contributed by atoms with Crippen LogP contribution in [0, 0.1) is 5.92 Å². The van der Waals surface area contributed by atoms with E-state index < -0.39 is 12.2 Å². The van der Waals surface area contributed by atoms with Crippen molar-refractivity contribution in [1.82, 2.24) is 4.98 Å². The van der Waals surface area contributed by atoms with Crippen LogP contribution in [0.25, 0.3) is 0 Å². The summed E-state index contributed by atoms with van der Waals surface area (Å²) in [5, 5.41) is 20.2. The number of aromatic nitrogens is 1. The van der Waals surface area contributed by atoms with E-state index in [2.05, 4.69) is 9.98 Å². The number of ether oxygens (including phenoxy) is 1. The van der Waals surface area contributed by atoms with E-state index >= 15 is 0 Å². The van der Waals surface area contributed by atoms with Crippen LogP contribution in [0.1, 0.15) is 29.8 Å². The van der Waals surface area contributed by atoms with Gasteiger partial charge in [0.25, 0.3) is 0 Å². The van der Waals surface area contributed by atoms with Gasteiger partial charge in [-0.2, -0.15) is 0 Å². The second-order valence-corrected chi connectivity index (χ2v) is 5.85. The first-order valence-electron chi connectivity index (χ1n) is 7.24. The van der Waals surface area contributed by atoms with Crippen molar-refractivity contribution in [3.8, 4) is 11.5 Å². The Labute approximate surface area is 144 Å². The second kappa shape index (κ2) is 7.90. The van der Waals surface area contributed by atoms with Gasteiger partial charge < -0.3 is 14.9 Å². The van der Waals surface area contributed by atoms with E-state index in [9.17, 15) is 15.0 Å². The van der Waals surface area contributed by atoms with Gasteiger partial charge in [0, 0.05) is 35.3 Å². The highest BCUT2D eigenvalue weighted by Gasteiger charge is 2.15. The molecule has 2 rings (SSSR count). The van der Waals surface area contributed by atoms with E-state index in [1.54, 1.807) is 19.9 Å². The molecule has 0 spiro atoms. The molecule has 0 fully saturated rings. The van der Waals surface area contributed by atoms with Crippen molar-refractivity contribution in [2.75, 3.05) is 0 Å². The van der Waals surface area contributed by atoms with Crippen molar-refractivity contribution in [2.45, 2.75) is 20.1 Å². The number of benzene rings is 1. The fourth-order valence-corrected chi connectivity index (χ4v) is 1.96. The van der Waals surface area contributed by atoms with Crippen LogP contribution in [-0.4, -0.2) is 33.6 Å². The minimum absolute atomic E-state index is 0.0783. The molecule has 1 aromatic carbocycles. The molecule has 0 aliphatic rings. The van der Waals surface area contributed by atoms with Gasteiger partial charge in [-0.15, -0.1) is 0 Å². The summed E-state index contributed by atoms with van der Waals surface area (Å²) >= 11 is 5.99. The summed E-state index contributed by atoms with van der Waals surface area (Å²) in [6, 6.07) is 5.91. The smallest absolute Gasteiger partial charge is 0.345 e. The predicted octanol–water partition coefficient (Wildman–Crippen LogP) is 3.05. The van der Waals surface area contributed by atoms with Crippen molar-refractivity contribution >= 4 is 23.8 Å². The molecule has 1 atom stereocenters. The van der Waals surface area contributed by atoms with E-state index in [0.717, 1.165) is 0 Å². The molecule has 0 aliphatic carbocycles. The number of nitrogens with zero attached hydrogens (tertiary/aromatic N) is 2. The van der Waals surface area contributed by atoms with Crippen LogP contribution in [0.3, 0.4) is 0 Å². The molecular formula is C17H17ClN2O4. The summed E-state index contributed by atoms with van der Waals surface area (Å²) in [6.45, 7) is 3.61. The number of pyridine rings is 1. The number of aliphatic hydroxyl groups excluding tert-OH is 1. The Hall–Kier alpha value is -2.44. The summed E-state index contributed by atoms with van der Waals surface area (Å²) in [7, 11) is 0. The third kappa shape index (κ3) is 4.53. The van der Waals surface area contributed by atoms with Gasteiger partial charge >= 0.3 is 5.97 Å². The summed E-state index contributed by atoms with van der Waals surface area (Å²) in [5.74, 6) is -1.15. The van der Waals surface area contributed by atoms with E-state index in [-0.39, 0.29) is 33.6 Å². The highest BCUT2D eigenvalue weighted by molar-refractivity contribution is 6.31. The van der Waals surface area contributed by atoms with Crippen LogP contribution < -0.4 is 4.74 Å². The SMILES string of the molecule is CC(C)C(O)N=Cc1cc(Cl)cc(OC(=O)c2cccnc2)c1O. The maximum absolute atomic E-state index is 12.1. The third-order valence-electron chi connectivity index (χ3n) is 3.13. The lowest BCUT2D eigenvalue weighted by molar-refractivity contribution is 0.0729. The second-order valence-electron chi connectivity index (χ2n) is 5.41. The van der Waals surface area contributed by atoms with Gasteiger partial charge in [0.15, 0.2) is 11.5 Å². The molecule has 7 heteroatoms. The van der Waals surface area contributed by atoms with Crippen molar-refractivity contribution in [3.63, 3.8) is 0 Å². The molecule has 126 valence electrons. The lowest BCUT2D eigenvalue weighted by atomic mass is 10.2. The number of hydrogen-bond acceptors (Lipinski definition) is 6. The first-order valence-corrected chi connectivity index (χ1v) is 7.62. The van der Waals surface area contributed by atoms with Crippen molar-refractivity contribution in [1.29, 1.82) is 0 Å². The van der Waals surface area contributed by atoms with Gasteiger partial charge in [0.05, 0.1) is 5.56 Å². The number of aromatic hydroxyl groups is 1. The Bertz CT molecular complexity index is 748. The molecule has 1 aromatic heterocycles. The quantitative estimate of drug-likeness (QED) is 0.492. The normalized spacial score (nSPS) is 12.5. The van der Waals surface area contributed by atoms with E-state index in [1.165, 1.54) is 36.8 Å². The molecule has 0 aliphatic heterocycles. The van der Waals surface area contributed by atoms with Gasteiger partial charge in [-0.3, -0.25) is 9.98 Å². The zero-order valence-corrected chi connectivity index (χ0v) is 13.9. The molecule has 0 radical (unpaired) electrons. The molecule has 0 amide bonds. The Morgan fingerprint density at radius 3 is 2.79 bits per heavy atom. The standard InChI is InChI=1S/C17H17ClN2O4/c1-10(2)16(22)20-9-12-6-13(18)7-14(15(12)21)24-17(23)11-4-3-5-19-8-11/h3-10,16,21-22H,1-2H3. The van der Waals surface area contributed by atoms with Crippen molar-refractivity contribution < 1.29 is 19.7 Å². The first kappa shape index (κ1) is 17.9. The lowest BCUT2D eigenvalue weighted by Crippen LogP contribution is -2.11. The number of hydrogen-bond donors (Lipinski definition) is 2. The first-order chi connectivity index (χ1) is 11.4. The van der Waals surface area contributed by atoms with Crippen LogP contribution in [0.2, 0.25) is 5.02 Å². The molecule has 0 saturated carbocycles. The molecule has 24 heavy (non-hydrogen) atoms. The molecule has 2 aromatic rings. The van der Waals surface area contributed by atoms with E-state index in [1.807, 2.05) is 0 Å². The largest absolute Gasteiger partial charge is 0.504 e. The van der Waals surface area contributed by atoms with Crippen LogP contribution in [0.5, 0.6) is 11.5 Å². The summed E-state index contributed by atoms with van der Waals surface area (Å²) in [6.07, 6.45) is 3.26. The predicted molar refractivity (Wildman–Crippen MR) is 90.8 cm³/mol. The molecule has 2 N–H and O–H groups in total. The van der Waals surface area contributed by atoms with Crippen LogP contribution >= 0.6 is 11.6 Å². The number of esters is 1. The average Bonchev–Trinajstić information content (AvgIpc) is 2.56. The van der Waals surface area contributed by atoms with Gasteiger partial charge in [-0.25, -0.2) is 4.79 Å². The minimum atomic E-state index is -0.912. The Morgan fingerprint density at radius 1 is 1.42 bits per heavy atom. The number of aliphatic imine (C=N–C) groups is 1. The zero-order valence-electron chi connectivity index (χ0n) is 13.2. The monoisotopic (exact) mass is 348 g/mol. The van der Waals surface area contributed by atoms with Crippen LogP contribution in [0.4, 0.5) is 0 Å². The van der Waals surface area contributed by atoms with E-state index in [4.69, 9.17) is 16.3 Å². The fraction of sp³-hybridized carbons (Fsp3) is 0.235. The molecule has 1 unspecified atom stereocenters.